The molecule has 0 aliphatic carbocycles. The molecule has 1 amide bonds. The van der Waals surface area contributed by atoms with Crippen LogP contribution in [-0.4, -0.2) is 16.9 Å². The van der Waals surface area contributed by atoms with E-state index in [4.69, 9.17) is 18.0 Å². The number of nitrogens with two attached hydrogens (primary N) is 1. The number of amides is 1. The second-order valence-corrected chi connectivity index (χ2v) is 5.64. The van der Waals surface area contributed by atoms with E-state index < -0.39 is 0 Å². The van der Waals surface area contributed by atoms with Crippen molar-refractivity contribution in [2.45, 2.75) is 13.0 Å². The summed E-state index contributed by atoms with van der Waals surface area (Å²) in [4.78, 5) is 12.5. The topological polar surface area (TPSA) is 55.1 Å². The van der Waals surface area contributed by atoms with Gasteiger partial charge in [0.25, 0.3) is 5.91 Å². The summed E-state index contributed by atoms with van der Waals surface area (Å²) in [5, 5.41) is 2.69. The van der Waals surface area contributed by atoms with E-state index in [1.165, 1.54) is 11.3 Å². The van der Waals surface area contributed by atoms with Gasteiger partial charge in [0.15, 0.2) is 0 Å². The number of rotatable bonds is 3. The summed E-state index contributed by atoms with van der Waals surface area (Å²) < 4.78 is 0.922. The molecule has 0 fully saturated rings. The Bertz CT molecular complexity index is 364. The molecule has 1 heterocycles. The van der Waals surface area contributed by atoms with Crippen LogP contribution in [0.1, 0.15) is 16.6 Å². The third kappa shape index (κ3) is 3.04. The number of carbonyl (C=O) groups excluding carboxylic acids is 1. The molecule has 1 aromatic rings. The number of hydrogen-bond acceptors (Lipinski definition) is 3. The number of carbonyl (C=O) groups is 1. The maximum Gasteiger partial charge on any atom is 0.261 e. The standard InChI is InChI=1S/C8H9BrN2OS2/c1-4(7(10)13)11-8(12)5-2-3-6(9)14-5/h2-4H,1H3,(H2,10,13)(H,11,12). The van der Waals surface area contributed by atoms with Crippen molar-refractivity contribution in [1.29, 1.82) is 0 Å². The molecule has 1 aromatic heterocycles. The normalized spacial score (nSPS) is 12.1. The van der Waals surface area contributed by atoms with Crippen molar-refractivity contribution in [2.75, 3.05) is 0 Å². The monoisotopic (exact) mass is 292 g/mol. The third-order valence-electron chi connectivity index (χ3n) is 1.57. The lowest BCUT2D eigenvalue weighted by Gasteiger charge is -2.10. The predicted molar refractivity (Wildman–Crippen MR) is 65.7 cm³/mol. The summed E-state index contributed by atoms with van der Waals surface area (Å²) in [6, 6.07) is 3.29. The van der Waals surface area contributed by atoms with Crippen LogP contribution < -0.4 is 11.1 Å². The molecule has 3 nitrogen and oxygen atoms in total. The smallest absolute Gasteiger partial charge is 0.261 e. The van der Waals surface area contributed by atoms with Crippen LogP contribution in [0.15, 0.2) is 15.9 Å². The van der Waals surface area contributed by atoms with Gasteiger partial charge in [-0.1, -0.05) is 12.2 Å². The Hall–Kier alpha value is -0.460. The largest absolute Gasteiger partial charge is 0.392 e. The predicted octanol–water partition coefficient (Wildman–Crippen LogP) is 1.92. The fourth-order valence-corrected chi connectivity index (χ4v) is 2.12. The third-order valence-corrected chi connectivity index (χ3v) is 3.55. The van der Waals surface area contributed by atoms with E-state index in [0.29, 0.717) is 4.88 Å². The zero-order valence-electron chi connectivity index (χ0n) is 7.41. The fourth-order valence-electron chi connectivity index (χ4n) is 0.775. The van der Waals surface area contributed by atoms with Crippen molar-refractivity contribution in [1.82, 2.24) is 5.32 Å². The Morgan fingerprint density at radius 2 is 2.36 bits per heavy atom. The molecule has 0 bridgehead atoms. The molecule has 1 unspecified atom stereocenters. The van der Waals surface area contributed by atoms with E-state index in [0.717, 1.165) is 3.79 Å². The Kier molecular flexibility index (Phi) is 4.03. The molecule has 0 aliphatic rings. The van der Waals surface area contributed by atoms with Gasteiger partial charge < -0.3 is 11.1 Å². The SMILES string of the molecule is CC(NC(=O)c1ccc(Br)s1)C(N)=S. The van der Waals surface area contributed by atoms with Gasteiger partial charge in [-0.2, -0.15) is 0 Å². The summed E-state index contributed by atoms with van der Waals surface area (Å²) >= 11 is 9.40. The second kappa shape index (κ2) is 4.86. The molecule has 0 radical (unpaired) electrons. The Morgan fingerprint density at radius 1 is 1.71 bits per heavy atom. The second-order valence-electron chi connectivity index (χ2n) is 2.70. The fraction of sp³-hybridized carbons (Fsp3) is 0.250. The van der Waals surface area contributed by atoms with Gasteiger partial charge in [-0.05, 0) is 35.0 Å². The minimum Gasteiger partial charge on any atom is -0.392 e. The number of thiocarbonyl (C=S) groups is 1. The van der Waals surface area contributed by atoms with Crippen molar-refractivity contribution in [3.8, 4) is 0 Å². The summed E-state index contributed by atoms with van der Waals surface area (Å²) in [5.74, 6) is -0.152. The molecule has 1 atom stereocenters. The highest BCUT2D eigenvalue weighted by Crippen LogP contribution is 2.21. The molecule has 0 aromatic carbocycles. The van der Waals surface area contributed by atoms with E-state index in [-0.39, 0.29) is 16.9 Å². The van der Waals surface area contributed by atoms with E-state index in [9.17, 15) is 4.79 Å². The molecule has 0 saturated heterocycles. The van der Waals surface area contributed by atoms with Gasteiger partial charge in [0, 0.05) is 0 Å². The summed E-state index contributed by atoms with van der Waals surface area (Å²) in [7, 11) is 0. The van der Waals surface area contributed by atoms with Crippen molar-refractivity contribution in [2.24, 2.45) is 5.73 Å². The minimum atomic E-state index is -0.279. The van der Waals surface area contributed by atoms with Gasteiger partial charge in [0.05, 0.1) is 19.7 Å². The maximum atomic E-state index is 11.5. The van der Waals surface area contributed by atoms with Crippen LogP contribution in [0.25, 0.3) is 0 Å². The van der Waals surface area contributed by atoms with Crippen LogP contribution in [-0.2, 0) is 0 Å². The molecular formula is C8H9BrN2OS2. The number of halogens is 1. The first-order chi connectivity index (χ1) is 6.50. The number of nitrogens with one attached hydrogen (secondary N) is 1. The van der Waals surface area contributed by atoms with Gasteiger partial charge in [-0.25, -0.2) is 0 Å². The van der Waals surface area contributed by atoms with E-state index >= 15 is 0 Å². The van der Waals surface area contributed by atoms with Crippen molar-refractivity contribution in [3.63, 3.8) is 0 Å². The van der Waals surface area contributed by atoms with Gasteiger partial charge in [-0.3, -0.25) is 4.79 Å². The zero-order valence-corrected chi connectivity index (χ0v) is 10.6. The Labute approximate surface area is 99.8 Å². The van der Waals surface area contributed by atoms with Crippen LogP contribution in [0, 0.1) is 0 Å². The molecule has 0 spiro atoms. The average molecular weight is 293 g/mol. The van der Waals surface area contributed by atoms with Gasteiger partial charge in [0.1, 0.15) is 0 Å². The van der Waals surface area contributed by atoms with Crippen LogP contribution in [0.5, 0.6) is 0 Å². The minimum absolute atomic E-state index is 0.152. The highest BCUT2D eigenvalue weighted by atomic mass is 79.9. The van der Waals surface area contributed by atoms with Gasteiger partial charge in [0.2, 0.25) is 0 Å². The molecule has 0 aliphatic heterocycles. The first kappa shape index (κ1) is 11.6. The molecule has 0 saturated carbocycles. The summed E-state index contributed by atoms with van der Waals surface area (Å²) in [5.41, 5.74) is 5.38. The first-order valence-corrected chi connectivity index (χ1v) is 5.88. The number of hydrogen-bond donors (Lipinski definition) is 2. The van der Waals surface area contributed by atoms with Crippen molar-refractivity contribution >= 4 is 50.4 Å². The lowest BCUT2D eigenvalue weighted by Crippen LogP contribution is -2.40. The maximum absolute atomic E-state index is 11.5. The van der Waals surface area contributed by atoms with Crippen LogP contribution in [0.3, 0.4) is 0 Å². The van der Waals surface area contributed by atoms with E-state index in [1.807, 2.05) is 6.07 Å². The molecule has 3 N–H and O–H groups in total. The van der Waals surface area contributed by atoms with Crippen molar-refractivity contribution < 1.29 is 4.79 Å². The Balaban J connectivity index is 2.63. The van der Waals surface area contributed by atoms with Gasteiger partial charge >= 0.3 is 0 Å². The van der Waals surface area contributed by atoms with Crippen molar-refractivity contribution in [3.05, 3.63) is 20.8 Å². The molecule has 6 heteroatoms. The molecule has 1 rings (SSSR count). The summed E-state index contributed by atoms with van der Waals surface area (Å²) in [6.07, 6.45) is 0. The highest BCUT2D eigenvalue weighted by molar-refractivity contribution is 9.11. The molecule has 76 valence electrons. The quantitative estimate of drug-likeness (QED) is 0.837. The molecular weight excluding hydrogens is 284 g/mol. The number of thiophene rings is 1. The van der Waals surface area contributed by atoms with Crippen LogP contribution in [0.2, 0.25) is 0 Å². The summed E-state index contributed by atoms with van der Waals surface area (Å²) in [6.45, 7) is 1.75. The Morgan fingerprint density at radius 3 is 2.79 bits per heavy atom. The average Bonchev–Trinajstić information content (AvgIpc) is 2.51. The van der Waals surface area contributed by atoms with E-state index in [1.54, 1.807) is 13.0 Å². The van der Waals surface area contributed by atoms with E-state index in [2.05, 4.69) is 21.2 Å². The highest BCUT2D eigenvalue weighted by Gasteiger charge is 2.12. The molecule has 14 heavy (non-hydrogen) atoms. The van der Waals surface area contributed by atoms with Gasteiger partial charge in [-0.15, -0.1) is 11.3 Å². The lowest BCUT2D eigenvalue weighted by atomic mass is 10.3. The van der Waals surface area contributed by atoms with Crippen LogP contribution in [0.4, 0.5) is 0 Å². The lowest BCUT2D eigenvalue weighted by molar-refractivity contribution is 0.0953. The van der Waals surface area contributed by atoms with Crippen LogP contribution >= 0.6 is 39.5 Å². The zero-order chi connectivity index (χ0) is 10.7. The first-order valence-electron chi connectivity index (χ1n) is 3.86.